The van der Waals surface area contributed by atoms with Gasteiger partial charge in [0.25, 0.3) is 0 Å². The molecule has 0 amide bonds. The van der Waals surface area contributed by atoms with Gasteiger partial charge in [-0.25, -0.2) is 0 Å². The van der Waals surface area contributed by atoms with Crippen LogP contribution in [0.1, 0.15) is 50.8 Å². The molecule has 0 aromatic carbocycles. The fourth-order valence-corrected chi connectivity index (χ4v) is 4.87. The van der Waals surface area contributed by atoms with Crippen LogP contribution in [-0.4, -0.2) is 13.1 Å². The maximum Gasteiger partial charge on any atom is 0.0314 e. The van der Waals surface area contributed by atoms with Gasteiger partial charge in [0.2, 0.25) is 0 Å². The average Bonchev–Trinajstić information content (AvgIpc) is 2.67. The van der Waals surface area contributed by atoms with Gasteiger partial charge in [0.1, 0.15) is 0 Å². The van der Waals surface area contributed by atoms with E-state index in [1.165, 1.54) is 49.5 Å². The van der Waals surface area contributed by atoms with Crippen molar-refractivity contribution in [3.8, 4) is 0 Å². The zero-order valence-electron chi connectivity index (χ0n) is 12.8. The van der Waals surface area contributed by atoms with E-state index >= 15 is 0 Å². The predicted octanol–water partition coefficient (Wildman–Crippen LogP) is 5.50. The Kier molecular flexibility index (Phi) is 7.06. The quantitative estimate of drug-likeness (QED) is 0.663. The minimum atomic E-state index is 0.755. The molecule has 0 saturated heterocycles. The van der Waals surface area contributed by atoms with Crippen LogP contribution in [0.15, 0.2) is 15.9 Å². The van der Waals surface area contributed by atoms with Gasteiger partial charge in [-0.2, -0.15) is 0 Å². The first-order valence-corrected chi connectivity index (χ1v) is 9.76. The van der Waals surface area contributed by atoms with Crippen LogP contribution in [0.25, 0.3) is 0 Å². The van der Waals surface area contributed by atoms with E-state index in [1.807, 2.05) is 11.3 Å². The SMILES string of the molecule is CC(C)CNCC1CCCCCC1Cc1sccc1Br. The van der Waals surface area contributed by atoms with E-state index in [0.717, 1.165) is 24.3 Å². The van der Waals surface area contributed by atoms with Crippen LogP contribution >= 0.6 is 27.3 Å². The lowest BCUT2D eigenvalue weighted by Gasteiger charge is -2.26. The lowest BCUT2D eigenvalue weighted by molar-refractivity contribution is 0.295. The predicted molar refractivity (Wildman–Crippen MR) is 93.5 cm³/mol. The molecule has 1 nitrogen and oxygen atoms in total. The largest absolute Gasteiger partial charge is 0.316 e. The number of hydrogen-bond donors (Lipinski definition) is 1. The zero-order valence-corrected chi connectivity index (χ0v) is 15.2. The highest BCUT2D eigenvalue weighted by atomic mass is 79.9. The van der Waals surface area contributed by atoms with Crippen molar-refractivity contribution in [2.75, 3.05) is 13.1 Å². The standard InChI is InChI=1S/C17H28BrNS/c1-13(2)11-19-12-15-7-5-3-4-6-14(15)10-17-16(18)8-9-20-17/h8-9,13-15,19H,3-7,10-12H2,1-2H3. The van der Waals surface area contributed by atoms with Gasteiger partial charge in [-0.3, -0.25) is 0 Å². The lowest BCUT2D eigenvalue weighted by Crippen LogP contribution is -2.31. The molecule has 2 atom stereocenters. The first kappa shape index (κ1) is 16.5. The van der Waals surface area contributed by atoms with E-state index in [1.54, 1.807) is 4.88 Å². The van der Waals surface area contributed by atoms with Crippen LogP contribution in [0.5, 0.6) is 0 Å². The van der Waals surface area contributed by atoms with Crippen LogP contribution < -0.4 is 5.32 Å². The fraction of sp³-hybridized carbons (Fsp3) is 0.765. The topological polar surface area (TPSA) is 12.0 Å². The van der Waals surface area contributed by atoms with Crippen LogP contribution in [0.4, 0.5) is 0 Å². The molecule has 1 saturated carbocycles. The third-order valence-electron chi connectivity index (χ3n) is 4.41. The second-order valence-electron chi connectivity index (χ2n) is 6.61. The Morgan fingerprint density at radius 2 is 2.00 bits per heavy atom. The maximum absolute atomic E-state index is 3.70. The monoisotopic (exact) mass is 357 g/mol. The normalized spacial score (nSPS) is 24.0. The molecular weight excluding hydrogens is 330 g/mol. The number of halogens is 1. The van der Waals surface area contributed by atoms with E-state index in [2.05, 4.69) is 46.5 Å². The van der Waals surface area contributed by atoms with Gasteiger partial charge < -0.3 is 5.32 Å². The molecule has 2 unspecified atom stereocenters. The summed E-state index contributed by atoms with van der Waals surface area (Å²) in [4.78, 5) is 1.55. The molecule has 0 radical (unpaired) electrons. The van der Waals surface area contributed by atoms with E-state index in [-0.39, 0.29) is 0 Å². The smallest absolute Gasteiger partial charge is 0.0314 e. The first-order chi connectivity index (χ1) is 9.66. The molecule has 0 bridgehead atoms. The zero-order chi connectivity index (χ0) is 14.4. The Morgan fingerprint density at radius 1 is 1.25 bits per heavy atom. The molecule has 1 aliphatic carbocycles. The Balaban J connectivity index is 1.92. The second-order valence-corrected chi connectivity index (χ2v) is 8.46. The number of hydrogen-bond acceptors (Lipinski definition) is 2. The van der Waals surface area contributed by atoms with E-state index in [9.17, 15) is 0 Å². The van der Waals surface area contributed by atoms with Crippen molar-refractivity contribution >= 4 is 27.3 Å². The summed E-state index contributed by atoms with van der Waals surface area (Å²) in [6.45, 7) is 6.96. The molecule has 1 aromatic rings. The van der Waals surface area contributed by atoms with Crippen LogP contribution in [-0.2, 0) is 6.42 Å². The highest BCUT2D eigenvalue weighted by Gasteiger charge is 2.24. The summed E-state index contributed by atoms with van der Waals surface area (Å²) < 4.78 is 1.32. The number of thiophene rings is 1. The fourth-order valence-electron chi connectivity index (χ4n) is 3.26. The summed E-state index contributed by atoms with van der Waals surface area (Å²) in [6.07, 6.45) is 8.39. The molecule has 1 aliphatic rings. The van der Waals surface area contributed by atoms with Crippen LogP contribution in [0, 0.1) is 17.8 Å². The highest BCUT2D eigenvalue weighted by Crippen LogP contribution is 2.34. The van der Waals surface area contributed by atoms with Crippen molar-refractivity contribution in [3.63, 3.8) is 0 Å². The highest BCUT2D eigenvalue weighted by molar-refractivity contribution is 9.10. The summed E-state index contributed by atoms with van der Waals surface area (Å²) in [7, 11) is 0. The van der Waals surface area contributed by atoms with Crippen LogP contribution in [0.2, 0.25) is 0 Å². The van der Waals surface area contributed by atoms with Crippen molar-refractivity contribution in [1.29, 1.82) is 0 Å². The molecule has 1 aromatic heterocycles. The molecule has 1 heterocycles. The summed E-state index contributed by atoms with van der Waals surface area (Å²) in [5.41, 5.74) is 0. The number of nitrogens with one attached hydrogen (secondary N) is 1. The summed E-state index contributed by atoms with van der Waals surface area (Å²) in [5.74, 6) is 2.49. The van der Waals surface area contributed by atoms with Gasteiger partial charge in [-0.1, -0.05) is 33.1 Å². The lowest BCUT2D eigenvalue weighted by atomic mass is 9.85. The van der Waals surface area contributed by atoms with Crippen LogP contribution in [0.3, 0.4) is 0 Å². The first-order valence-electron chi connectivity index (χ1n) is 8.09. The van der Waals surface area contributed by atoms with E-state index in [0.29, 0.717) is 0 Å². The molecule has 1 N–H and O–H groups in total. The van der Waals surface area contributed by atoms with Crippen molar-refractivity contribution in [3.05, 3.63) is 20.8 Å². The molecule has 1 fully saturated rings. The minimum Gasteiger partial charge on any atom is -0.316 e. The molecule has 114 valence electrons. The van der Waals surface area contributed by atoms with Gasteiger partial charge >= 0.3 is 0 Å². The van der Waals surface area contributed by atoms with Gasteiger partial charge in [-0.15, -0.1) is 11.3 Å². The third kappa shape index (κ3) is 5.16. The Morgan fingerprint density at radius 3 is 2.65 bits per heavy atom. The van der Waals surface area contributed by atoms with Gasteiger partial charge in [0.05, 0.1) is 0 Å². The molecule has 2 rings (SSSR count). The summed E-state index contributed by atoms with van der Waals surface area (Å²) >= 11 is 5.61. The molecule has 0 aliphatic heterocycles. The second kappa shape index (κ2) is 8.55. The van der Waals surface area contributed by atoms with Crippen molar-refractivity contribution in [1.82, 2.24) is 5.32 Å². The number of rotatable bonds is 6. The van der Waals surface area contributed by atoms with Crippen molar-refractivity contribution < 1.29 is 0 Å². The molecule has 3 heteroatoms. The third-order valence-corrected chi connectivity index (χ3v) is 6.36. The van der Waals surface area contributed by atoms with Crippen molar-refractivity contribution in [2.24, 2.45) is 17.8 Å². The maximum atomic E-state index is 3.70. The van der Waals surface area contributed by atoms with Gasteiger partial charge in [-0.05, 0) is 77.5 Å². The Hall–Kier alpha value is 0.140. The Labute approximate surface area is 136 Å². The van der Waals surface area contributed by atoms with E-state index in [4.69, 9.17) is 0 Å². The summed E-state index contributed by atoms with van der Waals surface area (Å²) in [5, 5.41) is 5.91. The average molecular weight is 358 g/mol. The molecular formula is C17H28BrNS. The van der Waals surface area contributed by atoms with E-state index < -0.39 is 0 Å². The van der Waals surface area contributed by atoms with Gasteiger partial charge in [0, 0.05) is 9.35 Å². The van der Waals surface area contributed by atoms with Gasteiger partial charge in [0.15, 0.2) is 0 Å². The minimum absolute atomic E-state index is 0.755. The van der Waals surface area contributed by atoms with Crippen molar-refractivity contribution in [2.45, 2.75) is 52.4 Å². The summed E-state index contributed by atoms with van der Waals surface area (Å²) in [6, 6.07) is 2.20. The Bertz CT molecular complexity index is 388. The molecule has 20 heavy (non-hydrogen) atoms. The molecule has 0 spiro atoms.